The van der Waals surface area contributed by atoms with E-state index in [-0.39, 0.29) is 18.4 Å². The maximum atomic E-state index is 11.7. The van der Waals surface area contributed by atoms with Crippen LogP contribution in [0.3, 0.4) is 0 Å². The molecule has 106 valence electrons. The average molecular weight is 330 g/mol. The molecule has 2 N–H and O–H groups in total. The number of anilines is 1. The Balaban J connectivity index is 0.00000200. The van der Waals surface area contributed by atoms with Gasteiger partial charge in [0.15, 0.2) is 0 Å². The van der Waals surface area contributed by atoms with Crippen LogP contribution in [0.25, 0.3) is 0 Å². The third-order valence-electron chi connectivity index (χ3n) is 2.48. The lowest BCUT2D eigenvalue weighted by Gasteiger charge is -2.09. The number of nitrogens with two attached hydrogens (primary N) is 1. The van der Waals surface area contributed by atoms with Gasteiger partial charge in [-0.2, -0.15) is 0 Å². The second kappa shape index (κ2) is 7.43. The molecule has 0 aliphatic rings. The SMILES string of the molecule is COC(=O)c1ccccc1Sc1ccc(Cl)cc1N.Cl. The number of ether oxygens (including phenoxy) is 1. The molecule has 20 heavy (non-hydrogen) atoms. The summed E-state index contributed by atoms with van der Waals surface area (Å²) in [5.74, 6) is -0.365. The summed E-state index contributed by atoms with van der Waals surface area (Å²) in [5, 5.41) is 0.586. The fourth-order valence-corrected chi connectivity index (χ4v) is 2.70. The number of hydrogen-bond acceptors (Lipinski definition) is 4. The van der Waals surface area contributed by atoms with Gasteiger partial charge in [0.25, 0.3) is 0 Å². The maximum absolute atomic E-state index is 11.7. The maximum Gasteiger partial charge on any atom is 0.339 e. The molecule has 0 fully saturated rings. The first-order valence-electron chi connectivity index (χ1n) is 5.52. The van der Waals surface area contributed by atoms with Crippen molar-refractivity contribution in [2.45, 2.75) is 9.79 Å². The van der Waals surface area contributed by atoms with Crippen LogP contribution >= 0.6 is 35.8 Å². The van der Waals surface area contributed by atoms with Crippen LogP contribution in [-0.2, 0) is 4.74 Å². The normalized spacial score (nSPS) is 9.70. The Kier molecular flexibility index (Phi) is 6.20. The molecule has 0 unspecified atom stereocenters. The first-order chi connectivity index (χ1) is 9.11. The van der Waals surface area contributed by atoms with Crippen LogP contribution in [0.1, 0.15) is 10.4 Å². The quantitative estimate of drug-likeness (QED) is 0.674. The lowest BCUT2D eigenvalue weighted by molar-refractivity contribution is 0.0597. The molecule has 3 nitrogen and oxygen atoms in total. The van der Waals surface area contributed by atoms with Crippen molar-refractivity contribution in [3.05, 3.63) is 53.1 Å². The van der Waals surface area contributed by atoms with Crippen molar-refractivity contribution >= 4 is 47.4 Å². The molecule has 0 saturated carbocycles. The molecule has 0 atom stereocenters. The number of carbonyl (C=O) groups excluding carboxylic acids is 1. The standard InChI is InChI=1S/C14H12ClNO2S.ClH/c1-18-14(17)10-4-2-3-5-12(10)19-13-7-6-9(15)8-11(13)16;/h2-8H,16H2,1H3;1H. The van der Waals surface area contributed by atoms with E-state index in [1.54, 1.807) is 24.3 Å². The molecular formula is C14H13Cl2NO2S. The zero-order valence-electron chi connectivity index (χ0n) is 10.6. The van der Waals surface area contributed by atoms with Crippen LogP contribution in [-0.4, -0.2) is 13.1 Å². The first-order valence-corrected chi connectivity index (χ1v) is 6.71. The summed E-state index contributed by atoms with van der Waals surface area (Å²) in [4.78, 5) is 13.3. The predicted octanol–water partition coefficient (Wildman–Crippen LogP) is 4.28. The number of rotatable bonds is 3. The van der Waals surface area contributed by atoms with Crippen LogP contribution in [0.4, 0.5) is 5.69 Å². The highest BCUT2D eigenvalue weighted by Crippen LogP contribution is 2.35. The Morgan fingerprint density at radius 1 is 1.20 bits per heavy atom. The summed E-state index contributed by atoms with van der Waals surface area (Å²) in [6, 6.07) is 12.5. The van der Waals surface area contributed by atoms with Crippen LogP contribution in [0, 0.1) is 0 Å². The fraction of sp³-hybridized carbons (Fsp3) is 0.0714. The number of hydrogen-bond donors (Lipinski definition) is 1. The van der Waals surface area contributed by atoms with Gasteiger partial charge in [0.05, 0.1) is 12.7 Å². The zero-order valence-corrected chi connectivity index (χ0v) is 13.0. The van der Waals surface area contributed by atoms with E-state index in [0.717, 1.165) is 9.79 Å². The molecule has 2 aromatic rings. The zero-order chi connectivity index (χ0) is 13.8. The number of halogens is 2. The number of esters is 1. The molecule has 2 aromatic carbocycles. The van der Waals surface area contributed by atoms with Gasteiger partial charge in [-0.1, -0.05) is 35.5 Å². The molecule has 0 bridgehead atoms. The first kappa shape index (κ1) is 16.7. The highest BCUT2D eigenvalue weighted by molar-refractivity contribution is 7.99. The summed E-state index contributed by atoms with van der Waals surface area (Å²) >= 11 is 7.27. The van der Waals surface area contributed by atoms with Gasteiger partial charge in [-0.15, -0.1) is 12.4 Å². The molecule has 6 heteroatoms. The Morgan fingerprint density at radius 2 is 1.90 bits per heavy atom. The van der Waals surface area contributed by atoms with Gasteiger partial charge in [-0.3, -0.25) is 0 Å². The third-order valence-corrected chi connectivity index (χ3v) is 3.89. The Labute approximate surface area is 132 Å². The predicted molar refractivity (Wildman–Crippen MR) is 85.0 cm³/mol. The number of nitrogen functional groups attached to an aromatic ring is 1. The molecule has 0 radical (unpaired) electrons. The summed E-state index contributed by atoms with van der Waals surface area (Å²) < 4.78 is 4.76. The van der Waals surface area contributed by atoms with Gasteiger partial charge < -0.3 is 10.5 Å². The topological polar surface area (TPSA) is 52.3 Å². The van der Waals surface area contributed by atoms with Crippen LogP contribution in [0.2, 0.25) is 5.02 Å². The van der Waals surface area contributed by atoms with Crippen LogP contribution in [0.15, 0.2) is 52.3 Å². The van der Waals surface area contributed by atoms with Crippen molar-refractivity contribution < 1.29 is 9.53 Å². The highest BCUT2D eigenvalue weighted by atomic mass is 35.5. The molecule has 0 aliphatic carbocycles. The van der Waals surface area contributed by atoms with Crippen LogP contribution in [0.5, 0.6) is 0 Å². The Hall–Kier alpha value is -1.36. The fourth-order valence-electron chi connectivity index (χ4n) is 1.56. The van der Waals surface area contributed by atoms with Crippen molar-refractivity contribution in [2.24, 2.45) is 0 Å². The Bertz CT molecular complexity index is 620. The van der Waals surface area contributed by atoms with Crippen molar-refractivity contribution in [1.29, 1.82) is 0 Å². The van der Waals surface area contributed by atoms with Gasteiger partial charge in [-0.25, -0.2) is 4.79 Å². The summed E-state index contributed by atoms with van der Waals surface area (Å²) in [7, 11) is 1.36. The highest BCUT2D eigenvalue weighted by Gasteiger charge is 2.13. The van der Waals surface area contributed by atoms with Gasteiger partial charge in [0.1, 0.15) is 0 Å². The average Bonchev–Trinajstić information content (AvgIpc) is 2.41. The lowest BCUT2D eigenvalue weighted by Crippen LogP contribution is -2.02. The van der Waals surface area contributed by atoms with E-state index in [9.17, 15) is 4.79 Å². The molecule has 2 rings (SSSR count). The van der Waals surface area contributed by atoms with Gasteiger partial charge in [0.2, 0.25) is 0 Å². The minimum atomic E-state index is -0.365. The molecule has 0 amide bonds. The van der Waals surface area contributed by atoms with E-state index in [2.05, 4.69) is 0 Å². The largest absolute Gasteiger partial charge is 0.465 e. The molecule has 0 aromatic heterocycles. The Morgan fingerprint density at radius 3 is 2.55 bits per heavy atom. The van der Waals surface area contributed by atoms with E-state index in [1.807, 2.05) is 18.2 Å². The monoisotopic (exact) mass is 329 g/mol. The van der Waals surface area contributed by atoms with E-state index in [4.69, 9.17) is 22.1 Å². The lowest BCUT2D eigenvalue weighted by atomic mass is 10.2. The minimum Gasteiger partial charge on any atom is -0.465 e. The molecule has 0 aliphatic heterocycles. The van der Waals surface area contributed by atoms with Gasteiger partial charge >= 0.3 is 5.97 Å². The molecule has 0 heterocycles. The molecular weight excluding hydrogens is 317 g/mol. The summed E-state index contributed by atoms with van der Waals surface area (Å²) in [6.45, 7) is 0. The van der Waals surface area contributed by atoms with Gasteiger partial charge in [0, 0.05) is 20.5 Å². The summed E-state index contributed by atoms with van der Waals surface area (Å²) in [5.41, 5.74) is 7.01. The van der Waals surface area contributed by atoms with Crippen LogP contribution < -0.4 is 5.73 Å². The van der Waals surface area contributed by atoms with Crippen molar-refractivity contribution in [3.8, 4) is 0 Å². The number of carbonyl (C=O) groups is 1. The minimum absolute atomic E-state index is 0. The number of methoxy groups -OCH3 is 1. The van der Waals surface area contributed by atoms with Crippen molar-refractivity contribution in [3.63, 3.8) is 0 Å². The van der Waals surface area contributed by atoms with E-state index in [0.29, 0.717) is 16.3 Å². The summed E-state index contributed by atoms with van der Waals surface area (Å²) in [6.07, 6.45) is 0. The third kappa shape index (κ3) is 3.82. The van der Waals surface area contributed by atoms with E-state index in [1.165, 1.54) is 18.9 Å². The van der Waals surface area contributed by atoms with Gasteiger partial charge in [-0.05, 0) is 30.3 Å². The second-order valence-corrected chi connectivity index (χ2v) is 5.29. The number of benzene rings is 2. The van der Waals surface area contributed by atoms with Crippen molar-refractivity contribution in [2.75, 3.05) is 12.8 Å². The van der Waals surface area contributed by atoms with E-state index >= 15 is 0 Å². The smallest absolute Gasteiger partial charge is 0.339 e. The molecule has 0 spiro atoms. The van der Waals surface area contributed by atoms with Crippen molar-refractivity contribution in [1.82, 2.24) is 0 Å². The second-order valence-electron chi connectivity index (χ2n) is 3.77. The van der Waals surface area contributed by atoms with E-state index < -0.39 is 0 Å². The molecule has 0 saturated heterocycles.